The lowest BCUT2D eigenvalue weighted by Gasteiger charge is -2.24. The minimum Gasteiger partial charge on any atom is -0.358 e. The van der Waals surface area contributed by atoms with Gasteiger partial charge in [0.1, 0.15) is 11.5 Å². The highest BCUT2D eigenvalue weighted by Gasteiger charge is 2.18. The summed E-state index contributed by atoms with van der Waals surface area (Å²) in [4.78, 5) is 12.6. The van der Waals surface area contributed by atoms with Gasteiger partial charge in [-0.05, 0) is 66.8 Å². The number of hydrogen-bond donors (Lipinski definition) is 3. The molecular formula is C33H29FN6. The molecule has 0 amide bonds. The van der Waals surface area contributed by atoms with E-state index in [4.69, 9.17) is 0 Å². The normalized spacial score (nSPS) is 14.1. The van der Waals surface area contributed by atoms with E-state index >= 15 is 0 Å². The smallest absolute Gasteiger partial charge is 0.123 e. The van der Waals surface area contributed by atoms with E-state index < -0.39 is 0 Å². The number of nitrogens with one attached hydrogen (secondary N) is 3. The van der Waals surface area contributed by atoms with Gasteiger partial charge in [-0.3, -0.25) is 15.1 Å². The van der Waals surface area contributed by atoms with Crippen LogP contribution in [0.2, 0.25) is 0 Å². The number of aromatic nitrogens is 5. The van der Waals surface area contributed by atoms with Crippen LogP contribution < -0.4 is 5.32 Å². The number of pyridine rings is 2. The van der Waals surface area contributed by atoms with E-state index in [0.29, 0.717) is 5.92 Å². The van der Waals surface area contributed by atoms with Crippen LogP contribution in [0.15, 0.2) is 91.5 Å². The Morgan fingerprint density at radius 2 is 1.73 bits per heavy atom. The Labute approximate surface area is 231 Å². The van der Waals surface area contributed by atoms with Crippen molar-refractivity contribution in [2.45, 2.75) is 32.1 Å². The number of anilines is 1. The van der Waals surface area contributed by atoms with Crippen LogP contribution in [-0.2, 0) is 0 Å². The molecule has 4 aromatic heterocycles. The van der Waals surface area contributed by atoms with Crippen molar-refractivity contribution < 1.29 is 4.39 Å². The fourth-order valence-electron chi connectivity index (χ4n) is 5.85. The van der Waals surface area contributed by atoms with E-state index in [0.717, 1.165) is 67.0 Å². The predicted molar refractivity (Wildman–Crippen MR) is 159 cm³/mol. The van der Waals surface area contributed by atoms with Crippen LogP contribution in [0, 0.1) is 11.7 Å². The van der Waals surface area contributed by atoms with Gasteiger partial charge in [0.15, 0.2) is 0 Å². The number of halogens is 1. The second-order valence-electron chi connectivity index (χ2n) is 10.6. The molecule has 0 saturated heterocycles. The number of fused-ring (bicyclic) bond motifs is 2. The second-order valence-corrected chi connectivity index (χ2v) is 10.6. The topological polar surface area (TPSA) is 82.3 Å². The standard InChI is InChI=1S/C33H29FN6/c1-20(21-6-3-2-4-7-21)37-26-15-24(18-35-19-26)22-10-11-30-27(16-22)33(40-39-30)31-17-28-29(38-31)12-13-36-32(28)23-8-5-9-25(34)14-23/h5,8-19,21,37-38H,1-4,6-7H2,(H,39,40). The van der Waals surface area contributed by atoms with Gasteiger partial charge in [-0.25, -0.2) is 4.39 Å². The van der Waals surface area contributed by atoms with Crippen molar-refractivity contribution >= 4 is 27.5 Å². The molecule has 3 N–H and O–H groups in total. The molecule has 0 unspecified atom stereocenters. The van der Waals surface area contributed by atoms with E-state index in [1.54, 1.807) is 12.3 Å². The summed E-state index contributed by atoms with van der Waals surface area (Å²) in [6, 6.07) is 18.9. The van der Waals surface area contributed by atoms with E-state index in [9.17, 15) is 4.39 Å². The number of nitrogens with zero attached hydrogens (tertiary/aromatic N) is 3. The van der Waals surface area contributed by atoms with Crippen molar-refractivity contribution in [1.29, 1.82) is 0 Å². The summed E-state index contributed by atoms with van der Waals surface area (Å²) >= 11 is 0. The Morgan fingerprint density at radius 1 is 0.850 bits per heavy atom. The molecule has 7 heteroatoms. The molecule has 198 valence electrons. The van der Waals surface area contributed by atoms with Gasteiger partial charge in [0.05, 0.1) is 28.8 Å². The Bertz CT molecular complexity index is 1860. The number of hydrogen-bond acceptors (Lipinski definition) is 4. The fourth-order valence-corrected chi connectivity index (χ4v) is 5.85. The van der Waals surface area contributed by atoms with Crippen molar-refractivity contribution in [3.05, 3.63) is 97.3 Å². The van der Waals surface area contributed by atoms with Crippen LogP contribution in [-0.4, -0.2) is 25.1 Å². The van der Waals surface area contributed by atoms with Crippen molar-refractivity contribution in [2.24, 2.45) is 5.92 Å². The summed E-state index contributed by atoms with van der Waals surface area (Å²) in [5.74, 6) is 0.236. The average Bonchev–Trinajstić information content (AvgIpc) is 3.61. The molecule has 0 radical (unpaired) electrons. The van der Waals surface area contributed by atoms with Gasteiger partial charge in [-0.1, -0.05) is 44.0 Å². The summed E-state index contributed by atoms with van der Waals surface area (Å²) < 4.78 is 13.9. The van der Waals surface area contributed by atoms with Gasteiger partial charge in [-0.15, -0.1) is 0 Å². The van der Waals surface area contributed by atoms with Gasteiger partial charge >= 0.3 is 0 Å². The molecule has 1 saturated carbocycles. The molecule has 0 bridgehead atoms. The zero-order valence-electron chi connectivity index (χ0n) is 22.0. The molecular weight excluding hydrogens is 499 g/mol. The average molecular weight is 529 g/mol. The Balaban J connectivity index is 1.23. The maximum atomic E-state index is 13.9. The van der Waals surface area contributed by atoms with Crippen LogP contribution in [0.25, 0.3) is 55.6 Å². The number of allylic oxidation sites excluding steroid dienone is 1. The van der Waals surface area contributed by atoms with Gasteiger partial charge in [0.2, 0.25) is 0 Å². The molecule has 1 aliphatic carbocycles. The first-order valence-electron chi connectivity index (χ1n) is 13.8. The molecule has 40 heavy (non-hydrogen) atoms. The largest absolute Gasteiger partial charge is 0.358 e. The lowest BCUT2D eigenvalue weighted by molar-refractivity contribution is 0.405. The molecule has 2 aromatic carbocycles. The molecule has 4 heterocycles. The molecule has 6 aromatic rings. The minimum atomic E-state index is -0.287. The van der Waals surface area contributed by atoms with Crippen molar-refractivity contribution in [2.75, 3.05) is 5.32 Å². The lowest BCUT2D eigenvalue weighted by Crippen LogP contribution is -2.14. The van der Waals surface area contributed by atoms with Crippen LogP contribution in [0.3, 0.4) is 0 Å². The van der Waals surface area contributed by atoms with E-state index in [2.05, 4.69) is 55.2 Å². The van der Waals surface area contributed by atoms with Crippen molar-refractivity contribution in [1.82, 2.24) is 25.1 Å². The summed E-state index contributed by atoms with van der Waals surface area (Å²) in [5, 5.41) is 13.2. The summed E-state index contributed by atoms with van der Waals surface area (Å²) in [6.07, 6.45) is 11.7. The third-order valence-corrected chi connectivity index (χ3v) is 7.94. The van der Waals surface area contributed by atoms with E-state index in [1.807, 2.05) is 36.7 Å². The zero-order valence-corrected chi connectivity index (χ0v) is 22.0. The highest BCUT2D eigenvalue weighted by molar-refractivity contribution is 6.00. The van der Waals surface area contributed by atoms with Gasteiger partial charge < -0.3 is 10.3 Å². The van der Waals surface area contributed by atoms with Gasteiger partial charge in [-0.2, -0.15) is 5.10 Å². The number of benzene rings is 2. The lowest BCUT2D eigenvalue weighted by atomic mass is 9.87. The maximum absolute atomic E-state index is 13.9. The number of rotatable bonds is 6. The Kier molecular flexibility index (Phi) is 6.11. The summed E-state index contributed by atoms with van der Waals surface area (Å²) in [6.45, 7) is 4.33. The van der Waals surface area contributed by atoms with Gasteiger partial charge in [0.25, 0.3) is 0 Å². The molecule has 6 nitrogen and oxygen atoms in total. The third kappa shape index (κ3) is 4.53. The van der Waals surface area contributed by atoms with Crippen LogP contribution in [0.1, 0.15) is 32.1 Å². The third-order valence-electron chi connectivity index (χ3n) is 7.94. The Morgan fingerprint density at radius 3 is 2.60 bits per heavy atom. The van der Waals surface area contributed by atoms with E-state index in [1.165, 1.54) is 44.2 Å². The molecule has 0 aliphatic heterocycles. The SMILES string of the molecule is C=C(Nc1cncc(-c2ccc3[nH]nc(-c4cc5c(-c6cccc(F)c6)nccc5[nH]4)c3c2)c1)C1CCCCC1. The molecule has 1 aliphatic rings. The fraction of sp³-hybridized carbons (Fsp3) is 0.182. The number of H-pyrrole nitrogens is 2. The van der Waals surface area contributed by atoms with Crippen LogP contribution in [0.5, 0.6) is 0 Å². The maximum Gasteiger partial charge on any atom is 0.123 e. The monoisotopic (exact) mass is 528 g/mol. The highest BCUT2D eigenvalue weighted by atomic mass is 19.1. The van der Waals surface area contributed by atoms with Crippen molar-refractivity contribution in [3.8, 4) is 33.8 Å². The quantitative estimate of drug-likeness (QED) is 0.202. The first-order valence-corrected chi connectivity index (χ1v) is 13.8. The summed E-state index contributed by atoms with van der Waals surface area (Å²) in [7, 11) is 0. The molecule has 0 atom stereocenters. The second kappa shape index (κ2) is 10.1. The van der Waals surface area contributed by atoms with Crippen molar-refractivity contribution in [3.63, 3.8) is 0 Å². The number of aromatic amines is 2. The minimum absolute atomic E-state index is 0.287. The van der Waals surface area contributed by atoms with E-state index in [-0.39, 0.29) is 5.82 Å². The van der Waals surface area contributed by atoms with Gasteiger partial charge in [0, 0.05) is 45.5 Å². The highest BCUT2D eigenvalue weighted by Crippen LogP contribution is 2.35. The first-order chi connectivity index (χ1) is 19.6. The predicted octanol–water partition coefficient (Wildman–Crippen LogP) is 8.48. The van der Waals surface area contributed by atoms with Crippen LogP contribution in [0.4, 0.5) is 10.1 Å². The molecule has 7 rings (SSSR count). The molecule has 0 spiro atoms. The summed E-state index contributed by atoms with van der Waals surface area (Å²) in [5.41, 5.74) is 9.09. The zero-order chi connectivity index (χ0) is 27.1. The Hall–Kier alpha value is -4.78. The van der Waals surface area contributed by atoms with Crippen LogP contribution >= 0.6 is 0 Å². The first kappa shape index (κ1) is 24.3. The molecule has 1 fully saturated rings.